The van der Waals surface area contributed by atoms with Crippen molar-refractivity contribution < 1.29 is 9.53 Å². The van der Waals surface area contributed by atoms with Gasteiger partial charge in [0.15, 0.2) is 0 Å². The van der Waals surface area contributed by atoms with Gasteiger partial charge in [-0.1, -0.05) is 27.7 Å². The summed E-state index contributed by atoms with van der Waals surface area (Å²) in [5.41, 5.74) is 6.15. The Kier molecular flexibility index (Phi) is 3.01. The van der Waals surface area contributed by atoms with Crippen molar-refractivity contribution in [2.45, 2.75) is 65.5 Å². The van der Waals surface area contributed by atoms with E-state index in [4.69, 9.17) is 10.5 Å². The van der Waals surface area contributed by atoms with Crippen molar-refractivity contribution in [1.29, 1.82) is 0 Å². The smallest absolute Gasteiger partial charge is 0.323 e. The molecule has 0 amide bonds. The molecular weight excluding hydrogens is 214 g/mol. The van der Waals surface area contributed by atoms with Crippen LogP contribution in [0.25, 0.3) is 0 Å². The number of hydrogen-bond donors (Lipinski definition) is 1. The Bertz CT molecular complexity index is 326. The van der Waals surface area contributed by atoms with Crippen molar-refractivity contribution >= 4 is 5.97 Å². The van der Waals surface area contributed by atoms with Gasteiger partial charge in [0.25, 0.3) is 0 Å². The van der Waals surface area contributed by atoms with Crippen LogP contribution in [0.15, 0.2) is 0 Å². The summed E-state index contributed by atoms with van der Waals surface area (Å²) in [6.45, 7) is 8.82. The fourth-order valence-electron chi connectivity index (χ4n) is 3.70. The molecule has 0 aromatic heterocycles. The molecule has 0 radical (unpaired) electrons. The third kappa shape index (κ3) is 1.70. The van der Waals surface area contributed by atoms with E-state index >= 15 is 0 Å². The largest absolute Gasteiger partial charge is 0.461 e. The van der Waals surface area contributed by atoms with Crippen LogP contribution >= 0.6 is 0 Å². The van der Waals surface area contributed by atoms with Gasteiger partial charge < -0.3 is 10.5 Å². The van der Waals surface area contributed by atoms with E-state index in [-0.39, 0.29) is 22.9 Å². The molecule has 0 aromatic carbocycles. The van der Waals surface area contributed by atoms with E-state index < -0.39 is 6.04 Å². The zero-order valence-electron chi connectivity index (χ0n) is 11.5. The van der Waals surface area contributed by atoms with E-state index in [0.29, 0.717) is 12.3 Å². The zero-order chi connectivity index (χ0) is 12.8. The molecule has 2 aliphatic rings. The van der Waals surface area contributed by atoms with E-state index in [1.165, 1.54) is 12.8 Å². The lowest BCUT2D eigenvalue weighted by Crippen LogP contribution is -2.42. The second-order valence-electron chi connectivity index (χ2n) is 6.55. The van der Waals surface area contributed by atoms with Crippen LogP contribution in [0.1, 0.15) is 53.4 Å². The quantitative estimate of drug-likeness (QED) is 0.770. The molecule has 0 aliphatic heterocycles. The molecule has 2 aliphatic carbocycles. The number of carbonyl (C=O) groups excluding carboxylic acids is 1. The summed E-state index contributed by atoms with van der Waals surface area (Å²) in [6.07, 6.45) is 4.18. The Morgan fingerprint density at radius 2 is 2.12 bits per heavy atom. The molecule has 0 saturated heterocycles. The lowest BCUT2D eigenvalue weighted by Gasteiger charge is -2.38. The topological polar surface area (TPSA) is 52.3 Å². The van der Waals surface area contributed by atoms with Crippen LogP contribution in [-0.2, 0) is 9.53 Å². The first-order valence-corrected chi connectivity index (χ1v) is 6.79. The first kappa shape index (κ1) is 12.9. The summed E-state index contributed by atoms with van der Waals surface area (Å²) in [5.74, 6) is 0.477. The highest BCUT2D eigenvalue weighted by Crippen LogP contribution is 2.66. The van der Waals surface area contributed by atoms with Crippen LogP contribution in [-0.4, -0.2) is 18.1 Å². The lowest BCUT2D eigenvalue weighted by atomic mass is 9.70. The van der Waals surface area contributed by atoms with Crippen LogP contribution in [0.2, 0.25) is 0 Å². The van der Waals surface area contributed by atoms with Gasteiger partial charge in [-0.25, -0.2) is 0 Å². The van der Waals surface area contributed by atoms with Crippen molar-refractivity contribution in [2.75, 3.05) is 0 Å². The van der Waals surface area contributed by atoms with Crippen LogP contribution in [0.3, 0.4) is 0 Å². The molecule has 3 nitrogen and oxygen atoms in total. The molecule has 0 heterocycles. The Labute approximate surface area is 104 Å². The monoisotopic (exact) mass is 239 g/mol. The summed E-state index contributed by atoms with van der Waals surface area (Å²) < 4.78 is 5.67. The first-order valence-electron chi connectivity index (χ1n) is 6.79. The fourth-order valence-corrected chi connectivity index (χ4v) is 3.70. The van der Waals surface area contributed by atoms with E-state index in [2.05, 4.69) is 20.8 Å². The van der Waals surface area contributed by atoms with E-state index in [1.807, 2.05) is 6.92 Å². The van der Waals surface area contributed by atoms with Gasteiger partial charge in [-0.2, -0.15) is 0 Å². The predicted molar refractivity (Wildman–Crippen MR) is 67.4 cm³/mol. The highest BCUT2D eigenvalue weighted by molar-refractivity contribution is 5.75. The second kappa shape index (κ2) is 3.98. The van der Waals surface area contributed by atoms with Crippen LogP contribution in [0.5, 0.6) is 0 Å². The maximum absolute atomic E-state index is 11.8. The molecule has 4 atom stereocenters. The number of hydrogen-bond acceptors (Lipinski definition) is 3. The van der Waals surface area contributed by atoms with E-state index in [0.717, 1.165) is 6.42 Å². The standard InChI is InChI=1S/C14H25NO2/c1-5-10(15)12(16)17-11-8-9-6-7-14(11,4)13(9,2)3/h9-11H,5-8,15H2,1-4H3. The summed E-state index contributed by atoms with van der Waals surface area (Å²) in [7, 11) is 0. The van der Waals surface area contributed by atoms with Crippen molar-refractivity contribution in [1.82, 2.24) is 0 Å². The molecule has 2 rings (SSSR count). The van der Waals surface area contributed by atoms with Gasteiger partial charge >= 0.3 is 5.97 Å². The third-order valence-corrected chi connectivity index (χ3v) is 5.71. The number of fused-ring (bicyclic) bond motifs is 2. The van der Waals surface area contributed by atoms with Gasteiger partial charge in [-0.15, -0.1) is 0 Å². The molecule has 0 aromatic rings. The van der Waals surface area contributed by atoms with Crippen molar-refractivity contribution in [2.24, 2.45) is 22.5 Å². The van der Waals surface area contributed by atoms with Crippen molar-refractivity contribution in [3.63, 3.8) is 0 Å². The maximum Gasteiger partial charge on any atom is 0.323 e. The molecule has 3 heteroatoms. The van der Waals surface area contributed by atoms with Crippen LogP contribution in [0.4, 0.5) is 0 Å². The molecule has 2 fully saturated rings. The average molecular weight is 239 g/mol. The Hall–Kier alpha value is -0.570. The summed E-state index contributed by atoms with van der Waals surface area (Å²) in [5, 5.41) is 0. The van der Waals surface area contributed by atoms with Crippen LogP contribution < -0.4 is 5.73 Å². The van der Waals surface area contributed by atoms with Gasteiger partial charge in [-0.05, 0) is 37.0 Å². The molecule has 2 N–H and O–H groups in total. The Balaban J connectivity index is 2.08. The Morgan fingerprint density at radius 3 is 2.53 bits per heavy atom. The average Bonchev–Trinajstić information content (AvgIpc) is 2.60. The van der Waals surface area contributed by atoms with Gasteiger partial charge in [0.1, 0.15) is 12.1 Å². The normalized spacial score (nSPS) is 40.3. The molecule has 2 saturated carbocycles. The van der Waals surface area contributed by atoms with Crippen molar-refractivity contribution in [3.8, 4) is 0 Å². The summed E-state index contributed by atoms with van der Waals surface area (Å²) in [6, 6.07) is -0.458. The summed E-state index contributed by atoms with van der Waals surface area (Å²) in [4.78, 5) is 11.8. The SMILES string of the molecule is CCC(N)C(=O)OC1CC2CCC1(C)C2(C)C. The van der Waals surface area contributed by atoms with Gasteiger partial charge in [0, 0.05) is 5.41 Å². The molecular formula is C14H25NO2. The fraction of sp³-hybridized carbons (Fsp3) is 0.929. The molecule has 4 unspecified atom stereocenters. The molecule has 2 bridgehead atoms. The number of nitrogens with two attached hydrogens (primary N) is 1. The number of rotatable bonds is 3. The number of ether oxygens (including phenoxy) is 1. The first-order chi connectivity index (χ1) is 7.83. The minimum Gasteiger partial charge on any atom is -0.461 e. The van der Waals surface area contributed by atoms with Gasteiger partial charge in [0.2, 0.25) is 0 Å². The predicted octanol–water partition coefficient (Wildman–Crippen LogP) is 2.48. The van der Waals surface area contributed by atoms with Crippen LogP contribution in [0, 0.1) is 16.7 Å². The maximum atomic E-state index is 11.8. The van der Waals surface area contributed by atoms with E-state index in [1.54, 1.807) is 0 Å². The lowest BCUT2D eigenvalue weighted by molar-refractivity contribution is -0.158. The van der Waals surface area contributed by atoms with Gasteiger partial charge in [0.05, 0.1) is 0 Å². The molecule has 98 valence electrons. The Morgan fingerprint density at radius 1 is 1.47 bits per heavy atom. The van der Waals surface area contributed by atoms with Gasteiger partial charge in [-0.3, -0.25) is 4.79 Å². The molecule has 0 spiro atoms. The minimum atomic E-state index is -0.458. The highest BCUT2D eigenvalue weighted by atomic mass is 16.5. The minimum absolute atomic E-state index is 0.0707. The molecule has 17 heavy (non-hydrogen) atoms. The highest BCUT2D eigenvalue weighted by Gasteiger charge is 2.62. The second-order valence-corrected chi connectivity index (χ2v) is 6.55. The number of esters is 1. The van der Waals surface area contributed by atoms with Crippen molar-refractivity contribution in [3.05, 3.63) is 0 Å². The number of carbonyl (C=O) groups is 1. The zero-order valence-corrected chi connectivity index (χ0v) is 11.5. The third-order valence-electron chi connectivity index (χ3n) is 5.71. The van der Waals surface area contributed by atoms with E-state index in [9.17, 15) is 4.79 Å². The summed E-state index contributed by atoms with van der Waals surface area (Å²) >= 11 is 0.